The fourth-order valence-corrected chi connectivity index (χ4v) is 1.17. The summed E-state index contributed by atoms with van der Waals surface area (Å²) in [7, 11) is 0. The minimum atomic E-state index is -0.931. The smallest absolute Gasteiger partial charge is 0.320 e. The predicted octanol–water partition coefficient (Wildman–Crippen LogP) is 1.27. The molecule has 1 atom stereocenters. The lowest BCUT2D eigenvalue weighted by Crippen LogP contribution is -2.34. The van der Waals surface area contributed by atoms with Gasteiger partial charge in [-0.05, 0) is 30.5 Å². The Hall–Kier alpha value is -2.08. The first-order valence-electron chi connectivity index (χ1n) is 5.66. The number of phenols is 2. The Bertz CT molecular complexity index is 433. The summed E-state index contributed by atoms with van der Waals surface area (Å²) < 4.78 is 0. The molecule has 0 aliphatic heterocycles. The van der Waals surface area contributed by atoms with Crippen LogP contribution in [0.2, 0.25) is 0 Å². The van der Waals surface area contributed by atoms with Crippen LogP contribution in [0, 0.1) is 12.8 Å². The van der Waals surface area contributed by atoms with Crippen molar-refractivity contribution >= 4 is 12.3 Å². The maximum Gasteiger partial charge on any atom is 0.320 e. The summed E-state index contributed by atoms with van der Waals surface area (Å²) in [5.74, 6) is -1.28. The Kier molecular flexibility index (Phi) is 6.57. The molecule has 0 aromatic heterocycles. The maximum absolute atomic E-state index is 10.2. The average molecular weight is 269 g/mol. The quantitative estimate of drug-likeness (QED) is 0.613. The van der Waals surface area contributed by atoms with E-state index in [1.54, 1.807) is 20.8 Å². The Labute approximate surface area is 111 Å². The standard InChI is InChI=1S/C8H8O3.C5H11NO2/c1-5-2-7(10)6(4-9)8(11)3-5;1-3(2)4(6)5(7)8/h2-4,10-11H,1H3;3-4H,6H2,1-2H3,(H,7,8)/t;4-/m.0/s1. The molecule has 0 aliphatic carbocycles. The van der Waals surface area contributed by atoms with Crippen molar-refractivity contribution in [3.63, 3.8) is 0 Å². The van der Waals surface area contributed by atoms with Gasteiger partial charge in [-0.3, -0.25) is 9.59 Å². The Morgan fingerprint density at radius 2 is 1.68 bits per heavy atom. The van der Waals surface area contributed by atoms with Gasteiger partial charge in [-0.25, -0.2) is 0 Å². The first-order valence-corrected chi connectivity index (χ1v) is 5.66. The van der Waals surface area contributed by atoms with Gasteiger partial charge < -0.3 is 21.1 Å². The van der Waals surface area contributed by atoms with Crippen LogP contribution in [0.4, 0.5) is 0 Å². The zero-order chi connectivity index (χ0) is 15.2. The summed E-state index contributed by atoms with van der Waals surface area (Å²) in [4.78, 5) is 20.3. The molecule has 5 N–H and O–H groups in total. The fourth-order valence-electron chi connectivity index (χ4n) is 1.17. The molecule has 0 radical (unpaired) electrons. The van der Waals surface area contributed by atoms with Gasteiger partial charge in [-0.2, -0.15) is 0 Å². The largest absolute Gasteiger partial charge is 0.507 e. The lowest BCUT2D eigenvalue weighted by molar-refractivity contribution is -0.139. The van der Waals surface area contributed by atoms with E-state index in [1.807, 2.05) is 0 Å². The molecule has 0 unspecified atom stereocenters. The summed E-state index contributed by atoms with van der Waals surface area (Å²) in [5, 5.41) is 26.4. The van der Waals surface area contributed by atoms with Gasteiger partial charge in [0.05, 0.1) is 5.56 Å². The molecule has 106 valence electrons. The van der Waals surface area contributed by atoms with E-state index in [9.17, 15) is 9.59 Å². The van der Waals surface area contributed by atoms with E-state index in [0.29, 0.717) is 11.8 Å². The van der Waals surface area contributed by atoms with E-state index in [4.69, 9.17) is 21.1 Å². The number of aryl methyl sites for hydroxylation is 1. The SMILES string of the molecule is CC(C)[C@H](N)C(=O)O.Cc1cc(O)c(C=O)c(O)c1. The predicted molar refractivity (Wildman–Crippen MR) is 70.3 cm³/mol. The van der Waals surface area contributed by atoms with E-state index in [-0.39, 0.29) is 23.0 Å². The summed E-state index contributed by atoms with van der Waals surface area (Å²) in [6.45, 7) is 5.27. The van der Waals surface area contributed by atoms with Gasteiger partial charge in [0.15, 0.2) is 6.29 Å². The van der Waals surface area contributed by atoms with E-state index in [1.165, 1.54) is 12.1 Å². The van der Waals surface area contributed by atoms with Crippen molar-refractivity contribution in [2.75, 3.05) is 0 Å². The molecule has 19 heavy (non-hydrogen) atoms. The lowest BCUT2D eigenvalue weighted by atomic mass is 10.1. The minimum Gasteiger partial charge on any atom is -0.507 e. The molecule has 0 spiro atoms. The molecule has 0 heterocycles. The molecule has 0 fully saturated rings. The Morgan fingerprint density at radius 1 is 1.26 bits per heavy atom. The number of aromatic hydroxyl groups is 2. The number of benzene rings is 1. The molecule has 0 aliphatic rings. The molecule has 1 aromatic carbocycles. The highest BCUT2D eigenvalue weighted by Gasteiger charge is 2.14. The number of aldehydes is 1. The average Bonchev–Trinajstić information content (AvgIpc) is 2.27. The number of carbonyl (C=O) groups excluding carboxylic acids is 1. The van der Waals surface area contributed by atoms with Gasteiger partial charge in [0.1, 0.15) is 17.5 Å². The van der Waals surface area contributed by atoms with E-state index < -0.39 is 12.0 Å². The maximum atomic E-state index is 10.2. The van der Waals surface area contributed by atoms with E-state index in [2.05, 4.69) is 0 Å². The monoisotopic (exact) mass is 269 g/mol. The fraction of sp³-hybridized carbons (Fsp3) is 0.385. The van der Waals surface area contributed by atoms with Crippen molar-refractivity contribution in [2.45, 2.75) is 26.8 Å². The van der Waals surface area contributed by atoms with Crippen LogP contribution in [-0.4, -0.2) is 33.6 Å². The number of hydrogen-bond acceptors (Lipinski definition) is 5. The molecule has 6 heteroatoms. The van der Waals surface area contributed by atoms with Crippen molar-refractivity contribution in [3.8, 4) is 11.5 Å². The summed E-state index contributed by atoms with van der Waals surface area (Å²) >= 11 is 0. The van der Waals surface area contributed by atoms with Crippen LogP contribution in [0.1, 0.15) is 29.8 Å². The molecule has 0 amide bonds. The van der Waals surface area contributed by atoms with Gasteiger partial charge >= 0.3 is 5.97 Å². The number of aliphatic carboxylic acids is 1. The second-order valence-electron chi connectivity index (χ2n) is 4.44. The zero-order valence-electron chi connectivity index (χ0n) is 11.1. The topological polar surface area (TPSA) is 121 Å². The van der Waals surface area contributed by atoms with Crippen molar-refractivity contribution in [3.05, 3.63) is 23.3 Å². The number of rotatable bonds is 3. The number of carboxylic acids is 1. The van der Waals surface area contributed by atoms with Gasteiger partial charge in [0.2, 0.25) is 0 Å². The highest BCUT2D eigenvalue weighted by atomic mass is 16.4. The van der Waals surface area contributed by atoms with Crippen LogP contribution in [0.25, 0.3) is 0 Å². The highest BCUT2D eigenvalue weighted by molar-refractivity contribution is 5.83. The third-order valence-electron chi connectivity index (χ3n) is 2.40. The lowest BCUT2D eigenvalue weighted by Gasteiger charge is -2.07. The number of carbonyl (C=O) groups is 2. The normalized spacial score (nSPS) is 11.4. The third-order valence-corrected chi connectivity index (χ3v) is 2.40. The van der Waals surface area contributed by atoms with Crippen molar-refractivity contribution in [1.82, 2.24) is 0 Å². The van der Waals surface area contributed by atoms with Crippen LogP contribution >= 0.6 is 0 Å². The number of phenolic OH excluding ortho intramolecular Hbond substituents is 2. The van der Waals surface area contributed by atoms with Crippen molar-refractivity contribution in [2.24, 2.45) is 11.7 Å². The molecular weight excluding hydrogens is 250 g/mol. The zero-order valence-corrected chi connectivity index (χ0v) is 11.1. The Balaban J connectivity index is 0.000000362. The third kappa shape index (κ3) is 5.39. The molecule has 0 saturated carbocycles. The van der Waals surface area contributed by atoms with Crippen LogP contribution in [0.5, 0.6) is 11.5 Å². The van der Waals surface area contributed by atoms with Crippen LogP contribution in [0.3, 0.4) is 0 Å². The summed E-state index contributed by atoms with van der Waals surface area (Å²) in [6.07, 6.45) is 0.421. The van der Waals surface area contributed by atoms with Crippen LogP contribution in [-0.2, 0) is 4.79 Å². The number of nitrogens with two attached hydrogens (primary N) is 1. The van der Waals surface area contributed by atoms with Crippen LogP contribution < -0.4 is 5.73 Å². The molecule has 1 aromatic rings. The van der Waals surface area contributed by atoms with Crippen molar-refractivity contribution in [1.29, 1.82) is 0 Å². The molecule has 0 bridgehead atoms. The first kappa shape index (κ1) is 16.9. The highest BCUT2D eigenvalue weighted by Crippen LogP contribution is 2.26. The van der Waals surface area contributed by atoms with Gasteiger partial charge in [-0.15, -0.1) is 0 Å². The second-order valence-corrected chi connectivity index (χ2v) is 4.44. The van der Waals surface area contributed by atoms with E-state index >= 15 is 0 Å². The minimum absolute atomic E-state index is 0.0208. The van der Waals surface area contributed by atoms with Crippen LogP contribution in [0.15, 0.2) is 12.1 Å². The number of hydrogen-bond donors (Lipinski definition) is 4. The molecule has 6 nitrogen and oxygen atoms in total. The first-order chi connectivity index (χ1) is 8.70. The summed E-state index contributed by atoms with van der Waals surface area (Å²) in [6, 6.07) is 2.13. The molecule has 1 rings (SSSR count). The molecule has 0 saturated heterocycles. The summed E-state index contributed by atoms with van der Waals surface area (Å²) in [5.41, 5.74) is 5.81. The molecular formula is C13H19NO5. The van der Waals surface area contributed by atoms with Gasteiger partial charge in [0, 0.05) is 0 Å². The van der Waals surface area contributed by atoms with Crippen molar-refractivity contribution < 1.29 is 24.9 Å². The second kappa shape index (κ2) is 7.38. The van der Waals surface area contributed by atoms with E-state index in [0.717, 1.165) is 0 Å². The van der Waals surface area contributed by atoms with Gasteiger partial charge in [0.25, 0.3) is 0 Å². The Morgan fingerprint density at radius 3 is 1.89 bits per heavy atom. The number of carboxylic acid groups (broad SMARTS) is 1. The van der Waals surface area contributed by atoms with Gasteiger partial charge in [-0.1, -0.05) is 13.8 Å².